The Hall–Kier alpha value is -2.01. The number of benzene rings is 1. The highest BCUT2D eigenvalue weighted by Crippen LogP contribution is 2.32. The zero-order chi connectivity index (χ0) is 14.8. The third-order valence-corrected chi connectivity index (χ3v) is 3.82. The Morgan fingerprint density at radius 2 is 2.14 bits per heavy atom. The smallest absolute Gasteiger partial charge is 0.246 e. The lowest BCUT2D eigenvalue weighted by Gasteiger charge is -2.34. The molecule has 0 aromatic heterocycles. The molecule has 5 heteroatoms. The molecule has 1 amide bonds. The summed E-state index contributed by atoms with van der Waals surface area (Å²) in [6, 6.07) is 5.71. The molecule has 5 nitrogen and oxygen atoms in total. The van der Waals surface area contributed by atoms with E-state index in [0.717, 1.165) is 30.0 Å². The van der Waals surface area contributed by atoms with Crippen LogP contribution in [0.3, 0.4) is 0 Å². The van der Waals surface area contributed by atoms with Crippen LogP contribution in [0.4, 0.5) is 0 Å². The minimum Gasteiger partial charge on any atom is -0.454 e. The van der Waals surface area contributed by atoms with Crippen molar-refractivity contribution < 1.29 is 14.3 Å². The maximum absolute atomic E-state index is 12.2. The van der Waals surface area contributed by atoms with Gasteiger partial charge in [-0.25, -0.2) is 0 Å². The summed E-state index contributed by atoms with van der Waals surface area (Å²) < 4.78 is 10.6. The number of ether oxygens (including phenoxy) is 2. The van der Waals surface area contributed by atoms with Crippen LogP contribution in [0.15, 0.2) is 24.3 Å². The number of hydrogen-bond donors (Lipinski definition) is 1. The molecule has 21 heavy (non-hydrogen) atoms. The van der Waals surface area contributed by atoms with Crippen molar-refractivity contribution in [2.45, 2.75) is 19.4 Å². The SMILES string of the molecule is CC1CC(N)CN(C(=O)/C=C/c2ccc3c(c2)OCO3)C1. The summed E-state index contributed by atoms with van der Waals surface area (Å²) in [5.41, 5.74) is 6.89. The summed E-state index contributed by atoms with van der Waals surface area (Å²) in [7, 11) is 0. The van der Waals surface area contributed by atoms with Gasteiger partial charge in [-0.3, -0.25) is 4.79 Å². The third kappa shape index (κ3) is 3.19. The standard InChI is InChI=1S/C16H20N2O3/c1-11-6-13(17)9-18(8-11)16(19)5-3-12-2-4-14-15(7-12)21-10-20-14/h2-5,7,11,13H,6,8-10,17H2,1H3/b5-3+. The highest BCUT2D eigenvalue weighted by atomic mass is 16.7. The van der Waals surface area contributed by atoms with Gasteiger partial charge in [-0.1, -0.05) is 13.0 Å². The number of nitrogens with zero attached hydrogens (tertiary/aromatic N) is 1. The molecule has 0 spiro atoms. The van der Waals surface area contributed by atoms with Crippen LogP contribution in [0, 0.1) is 5.92 Å². The number of hydrogen-bond acceptors (Lipinski definition) is 4. The summed E-state index contributed by atoms with van der Waals surface area (Å²) in [5, 5.41) is 0. The second-order valence-corrected chi connectivity index (χ2v) is 5.79. The molecule has 1 aromatic carbocycles. The average Bonchev–Trinajstić information content (AvgIpc) is 2.91. The van der Waals surface area contributed by atoms with Crippen LogP contribution in [-0.4, -0.2) is 36.7 Å². The van der Waals surface area contributed by atoms with Gasteiger partial charge >= 0.3 is 0 Å². The molecular formula is C16H20N2O3. The Balaban J connectivity index is 1.66. The lowest BCUT2D eigenvalue weighted by Crippen LogP contribution is -2.48. The van der Waals surface area contributed by atoms with Gasteiger partial charge < -0.3 is 20.1 Å². The van der Waals surface area contributed by atoms with Gasteiger partial charge in [-0.15, -0.1) is 0 Å². The van der Waals surface area contributed by atoms with E-state index in [0.29, 0.717) is 12.5 Å². The Morgan fingerprint density at radius 1 is 1.33 bits per heavy atom. The van der Waals surface area contributed by atoms with Crippen molar-refractivity contribution in [1.82, 2.24) is 4.90 Å². The van der Waals surface area contributed by atoms with Crippen molar-refractivity contribution in [3.63, 3.8) is 0 Å². The van der Waals surface area contributed by atoms with Crippen molar-refractivity contribution in [1.29, 1.82) is 0 Å². The van der Waals surface area contributed by atoms with E-state index in [1.807, 2.05) is 23.1 Å². The van der Waals surface area contributed by atoms with Crippen LogP contribution in [0.1, 0.15) is 18.9 Å². The van der Waals surface area contributed by atoms with E-state index in [2.05, 4.69) is 6.92 Å². The molecule has 1 fully saturated rings. The maximum Gasteiger partial charge on any atom is 0.246 e. The number of rotatable bonds is 2. The molecule has 0 aliphatic carbocycles. The summed E-state index contributed by atoms with van der Waals surface area (Å²) in [6.45, 7) is 3.79. The van der Waals surface area contributed by atoms with E-state index in [4.69, 9.17) is 15.2 Å². The first-order chi connectivity index (χ1) is 10.1. The van der Waals surface area contributed by atoms with Crippen LogP contribution in [0.2, 0.25) is 0 Å². The summed E-state index contributed by atoms with van der Waals surface area (Å²) >= 11 is 0. The molecule has 0 radical (unpaired) electrons. The van der Waals surface area contributed by atoms with Gasteiger partial charge in [-0.2, -0.15) is 0 Å². The fourth-order valence-corrected chi connectivity index (χ4v) is 2.87. The summed E-state index contributed by atoms with van der Waals surface area (Å²) in [5.74, 6) is 1.93. The fraction of sp³-hybridized carbons (Fsp3) is 0.438. The van der Waals surface area contributed by atoms with Crippen LogP contribution in [0.5, 0.6) is 11.5 Å². The molecule has 2 atom stereocenters. The molecule has 2 aliphatic rings. The van der Waals surface area contributed by atoms with E-state index >= 15 is 0 Å². The minimum absolute atomic E-state index is 0.00895. The third-order valence-electron chi connectivity index (χ3n) is 3.82. The number of carbonyl (C=O) groups excluding carboxylic acids is 1. The largest absolute Gasteiger partial charge is 0.454 e. The molecule has 2 aliphatic heterocycles. The number of piperidine rings is 1. The van der Waals surface area contributed by atoms with Gasteiger partial charge in [0, 0.05) is 25.2 Å². The van der Waals surface area contributed by atoms with Gasteiger partial charge in [-0.05, 0) is 36.1 Å². The summed E-state index contributed by atoms with van der Waals surface area (Å²) in [4.78, 5) is 14.0. The van der Waals surface area contributed by atoms with E-state index in [-0.39, 0.29) is 18.7 Å². The highest BCUT2D eigenvalue weighted by molar-refractivity contribution is 5.92. The molecule has 0 bridgehead atoms. The second kappa shape index (κ2) is 5.77. The number of fused-ring (bicyclic) bond motifs is 1. The van der Waals surface area contributed by atoms with Crippen LogP contribution < -0.4 is 15.2 Å². The number of amides is 1. The lowest BCUT2D eigenvalue weighted by molar-refractivity contribution is -0.127. The van der Waals surface area contributed by atoms with E-state index in [9.17, 15) is 4.79 Å². The van der Waals surface area contributed by atoms with E-state index in [1.54, 1.807) is 12.2 Å². The van der Waals surface area contributed by atoms with Crippen molar-refractivity contribution in [2.24, 2.45) is 11.7 Å². The maximum atomic E-state index is 12.2. The normalized spacial score (nSPS) is 24.6. The molecular weight excluding hydrogens is 268 g/mol. The van der Waals surface area contributed by atoms with Crippen LogP contribution >= 0.6 is 0 Å². The van der Waals surface area contributed by atoms with Crippen LogP contribution in [-0.2, 0) is 4.79 Å². The number of nitrogens with two attached hydrogens (primary N) is 1. The first-order valence-corrected chi connectivity index (χ1v) is 7.24. The lowest BCUT2D eigenvalue weighted by atomic mass is 9.96. The summed E-state index contributed by atoms with van der Waals surface area (Å²) in [6.07, 6.45) is 4.38. The Morgan fingerprint density at radius 3 is 2.95 bits per heavy atom. The fourth-order valence-electron chi connectivity index (χ4n) is 2.87. The molecule has 2 N–H and O–H groups in total. The van der Waals surface area contributed by atoms with E-state index < -0.39 is 0 Å². The van der Waals surface area contributed by atoms with Gasteiger partial charge in [0.25, 0.3) is 0 Å². The second-order valence-electron chi connectivity index (χ2n) is 5.79. The molecule has 1 aromatic rings. The topological polar surface area (TPSA) is 64.8 Å². The van der Waals surface area contributed by atoms with Gasteiger partial charge in [0.05, 0.1) is 0 Å². The van der Waals surface area contributed by atoms with Crippen molar-refractivity contribution in [3.8, 4) is 11.5 Å². The van der Waals surface area contributed by atoms with Gasteiger partial charge in [0.1, 0.15) is 0 Å². The molecule has 1 saturated heterocycles. The first-order valence-electron chi connectivity index (χ1n) is 7.24. The highest BCUT2D eigenvalue weighted by Gasteiger charge is 2.24. The average molecular weight is 288 g/mol. The Labute approximate surface area is 124 Å². The molecule has 3 rings (SSSR count). The van der Waals surface area contributed by atoms with E-state index in [1.165, 1.54) is 0 Å². The monoisotopic (exact) mass is 288 g/mol. The zero-order valence-electron chi connectivity index (χ0n) is 12.1. The Kier molecular flexibility index (Phi) is 3.84. The molecule has 2 unspecified atom stereocenters. The quantitative estimate of drug-likeness (QED) is 0.840. The predicted octanol–water partition coefficient (Wildman–Crippen LogP) is 1.62. The molecule has 2 heterocycles. The van der Waals surface area contributed by atoms with Crippen molar-refractivity contribution >= 4 is 12.0 Å². The molecule has 112 valence electrons. The Bertz CT molecular complexity index is 561. The van der Waals surface area contributed by atoms with Crippen LogP contribution in [0.25, 0.3) is 6.08 Å². The number of carbonyl (C=O) groups is 1. The number of likely N-dealkylation sites (tertiary alicyclic amines) is 1. The first kappa shape index (κ1) is 13.9. The molecule has 0 saturated carbocycles. The minimum atomic E-state index is 0.00895. The van der Waals surface area contributed by atoms with Gasteiger partial charge in [0.2, 0.25) is 12.7 Å². The van der Waals surface area contributed by atoms with Crippen molar-refractivity contribution in [3.05, 3.63) is 29.8 Å². The van der Waals surface area contributed by atoms with Crippen molar-refractivity contribution in [2.75, 3.05) is 19.9 Å². The zero-order valence-corrected chi connectivity index (χ0v) is 12.1. The van der Waals surface area contributed by atoms with Gasteiger partial charge in [0.15, 0.2) is 11.5 Å². The predicted molar refractivity (Wildman–Crippen MR) is 79.9 cm³/mol.